The smallest absolute Gasteiger partial charge is 0.347 e. The molecule has 0 spiro atoms. The zero-order valence-electron chi connectivity index (χ0n) is 7.69. The Morgan fingerprint density at radius 1 is 1.64 bits per heavy atom. The van der Waals surface area contributed by atoms with Gasteiger partial charge in [0.15, 0.2) is 0 Å². The summed E-state index contributed by atoms with van der Waals surface area (Å²) < 4.78 is 0. The molecule has 0 aliphatic heterocycles. The van der Waals surface area contributed by atoms with Crippen LogP contribution in [0.3, 0.4) is 0 Å². The fraction of sp³-hybridized carbons (Fsp3) is 0.556. The number of nitrogens with zero attached hydrogens (tertiary/aromatic N) is 1. The van der Waals surface area contributed by atoms with Gasteiger partial charge in [-0.25, -0.2) is 9.78 Å². The van der Waals surface area contributed by atoms with Crippen LogP contribution in [0.25, 0.3) is 0 Å². The van der Waals surface area contributed by atoms with Gasteiger partial charge in [0, 0.05) is 12.3 Å². The highest BCUT2D eigenvalue weighted by atomic mass is 32.1. The van der Waals surface area contributed by atoms with E-state index in [-0.39, 0.29) is 0 Å². The first kappa shape index (κ1) is 9.61. The Kier molecular flexibility index (Phi) is 2.52. The first-order valence-electron chi connectivity index (χ1n) is 4.65. The number of hydrogen-bond donors (Lipinski definition) is 2. The molecule has 0 amide bonds. The molecule has 4 nitrogen and oxygen atoms in total. The van der Waals surface area contributed by atoms with Crippen molar-refractivity contribution < 1.29 is 9.90 Å². The third-order valence-corrected chi connectivity index (χ3v) is 3.33. The van der Waals surface area contributed by atoms with Gasteiger partial charge >= 0.3 is 5.97 Å². The maximum absolute atomic E-state index is 10.9. The lowest BCUT2D eigenvalue weighted by Gasteiger charge is -1.91. The van der Waals surface area contributed by atoms with Crippen LogP contribution in [0, 0.1) is 0 Å². The molecule has 1 aromatic heterocycles. The molecule has 1 aromatic rings. The minimum Gasteiger partial charge on any atom is -0.477 e. The average Bonchev–Trinajstić information content (AvgIpc) is 2.88. The summed E-state index contributed by atoms with van der Waals surface area (Å²) in [7, 11) is 0. The van der Waals surface area contributed by atoms with Crippen LogP contribution >= 0.6 is 11.3 Å². The molecular weight excluding hydrogens is 200 g/mol. The highest BCUT2D eigenvalue weighted by Gasteiger charge is 2.31. The van der Waals surface area contributed by atoms with Crippen LogP contribution in [0.4, 0.5) is 0 Å². The molecule has 2 rings (SSSR count). The number of hydrogen-bond acceptors (Lipinski definition) is 4. The van der Waals surface area contributed by atoms with Crippen LogP contribution in [0.2, 0.25) is 0 Å². The topological polar surface area (TPSA) is 76.2 Å². The quantitative estimate of drug-likeness (QED) is 0.786. The molecule has 0 radical (unpaired) electrons. The zero-order chi connectivity index (χ0) is 10.1. The van der Waals surface area contributed by atoms with E-state index in [1.807, 2.05) is 0 Å². The number of carbonyl (C=O) groups is 1. The van der Waals surface area contributed by atoms with Crippen LogP contribution < -0.4 is 5.73 Å². The Bertz CT molecular complexity index is 358. The highest BCUT2D eigenvalue weighted by Crippen LogP contribution is 2.42. The minimum absolute atomic E-state index is 0.392. The molecule has 1 fully saturated rings. The lowest BCUT2D eigenvalue weighted by Crippen LogP contribution is -2.02. The molecule has 0 bridgehead atoms. The number of thiazole rings is 1. The van der Waals surface area contributed by atoms with Gasteiger partial charge in [0.1, 0.15) is 4.88 Å². The van der Waals surface area contributed by atoms with Gasteiger partial charge in [-0.15, -0.1) is 11.3 Å². The molecule has 1 saturated carbocycles. The molecule has 1 heterocycles. The maximum Gasteiger partial charge on any atom is 0.347 e. The molecule has 1 aliphatic rings. The van der Waals surface area contributed by atoms with Crippen LogP contribution in [0.15, 0.2) is 0 Å². The van der Waals surface area contributed by atoms with Crippen LogP contribution in [0.5, 0.6) is 0 Å². The largest absolute Gasteiger partial charge is 0.477 e. The predicted octanol–water partition coefficient (Wildman–Crippen LogP) is 1.22. The average molecular weight is 212 g/mol. The van der Waals surface area contributed by atoms with Gasteiger partial charge in [0.2, 0.25) is 0 Å². The van der Waals surface area contributed by atoms with Crippen molar-refractivity contribution in [2.45, 2.75) is 25.2 Å². The molecule has 1 aliphatic carbocycles. The summed E-state index contributed by atoms with van der Waals surface area (Å²) in [5.41, 5.74) is 6.19. The second kappa shape index (κ2) is 3.67. The Balaban J connectivity index is 2.30. The lowest BCUT2D eigenvalue weighted by molar-refractivity contribution is 0.0700. The van der Waals surface area contributed by atoms with E-state index >= 15 is 0 Å². The van der Waals surface area contributed by atoms with Crippen LogP contribution in [-0.4, -0.2) is 22.6 Å². The normalized spacial score (nSPS) is 15.8. The molecule has 76 valence electrons. The van der Waals surface area contributed by atoms with E-state index in [4.69, 9.17) is 10.8 Å². The second-order valence-corrected chi connectivity index (χ2v) is 4.52. The van der Waals surface area contributed by atoms with Gasteiger partial charge in [-0.2, -0.15) is 0 Å². The third kappa shape index (κ3) is 1.78. The molecule has 0 unspecified atom stereocenters. The van der Waals surface area contributed by atoms with E-state index in [9.17, 15) is 4.79 Å². The number of aromatic carboxylic acids is 1. The van der Waals surface area contributed by atoms with Gasteiger partial charge in [-0.05, 0) is 19.4 Å². The van der Waals surface area contributed by atoms with Gasteiger partial charge in [0.25, 0.3) is 0 Å². The van der Waals surface area contributed by atoms with E-state index in [1.54, 1.807) is 0 Å². The van der Waals surface area contributed by atoms with Gasteiger partial charge < -0.3 is 10.8 Å². The van der Waals surface area contributed by atoms with Crippen molar-refractivity contribution in [3.05, 3.63) is 15.6 Å². The van der Waals surface area contributed by atoms with Crippen molar-refractivity contribution in [1.82, 2.24) is 4.98 Å². The summed E-state index contributed by atoms with van der Waals surface area (Å²) in [6.07, 6.45) is 2.83. The van der Waals surface area contributed by atoms with Gasteiger partial charge in [0.05, 0.1) is 10.7 Å². The van der Waals surface area contributed by atoms with E-state index in [0.29, 0.717) is 23.8 Å². The molecule has 3 N–H and O–H groups in total. The predicted molar refractivity (Wildman–Crippen MR) is 53.8 cm³/mol. The van der Waals surface area contributed by atoms with Crippen molar-refractivity contribution in [3.8, 4) is 0 Å². The standard InChI is InChI=1S/C9H12N2O2S/c10-4-3-6-11-7(5-1-2-5)8(14-6)9(12)13/h5H,1-4,10H2,(H,12,13). The summed E-state index contributed by atoms with van der Waals surface area (Å²) >= 11 is 1.27. The zero-order valence-corrected chi connectivity index (χ0v) is 8.51. The Labute approximate surface area is 85.8 Å². The summed E-state index contributed by atoms with van der Waals surface area (Å²) in [5, 5.41) is 9.82. The molecular formula is C9H12N2O2S. The number of aromatic nitrogens is 1. The highest BCUT2D eigenvalue weighted by molar-refractivity contribution is 7.13. The number of carboxylic acid groups (broad SMARTS) is 1. The van der Waals surface area contributed by atoms with Crippen molar-refractivity contribution in [2.75, 3.05) is 6.54 Å². The van der Waals surface area contributed by atoms with Gasteiger partial charge in [-0.3, -0.25) is 0 Å². The fourth-order valence-corrected chi connectivity index (χ4v) is 2.40. The Morgan fingerprint density at radius 3 is 2.86 bits per heavy atom. The minimum atomic E-state index is -0.854. The Hall–Kier alpha value is -0.940. The van der Waals surface area contributed by atoms with Crippen molar-refractivity contribution in [2.24, 2.45) is 5.73 Å². The molecule has 0 saturated heterocycles. The molecule has 14 heavy (non-hydrogen) atoms. The van der Waals surface area contributed by atoms with E-state index in [1.165, 1.54) is 11.3 Å². The van der Waals surface area contributed by atoms with E-state index < -0.39 is 5.97 Å². The third-order valence-electron chi connectivity index (χ3n) is 2.21. The first-order chi connectivity index (χ1) is 6.72. The lowest BCUT2D eigenvalue weighted by atomic mass is 10.2. The maximum atomic E-state index is 10.9. The molecule has 5 heteroatoms. The number of rotatable bonds is 4. The SMILES string of the molecule is NCCc1nc(C2CC2)c(C(=O)O)s1. The number of carboxylic acids is 1. The summed E-state index contributed by atoms with van der Waals surface area (Å²) in [4.78, 5) is 15.7. The van der Waals surface area contributed by atoms with E-state index in [0.717, 1.165) is 23.5 Å². The van der Waals surface area contributed by atoms with E-state index in [2.05, 4.69) is 4.98 Å². The van der Waals surface area contributed by atoms with Crippen LogP contribution in [0.1, 0.15) is 39.1 Å². The summed E-state index contributed by atoms with van der Waals surface area (Å²) in [6, 6.07) is 0. The fourth-order valence-electron chi connectivity index (χ4n) is 1.40. The van der Waals surface area contributed by atoms with Crippen LogP contribution in [-0.2, 0) is 6.42 Å². The monoisotopic (exact) mass is 212 g/mol. The Morgan fingerprint density at radius 2 is 2.36 bits per heavy atom. The molecule has 0 aromatic carbocycles. The second-order valence-electron chi connectivity index (χ2n) is 3.44. The number of nitrogens with two attached hydrogens (primary N) is 1. The first-order valence-corrected chi connectivity index (χ1v) is 5.47. The summed E-state index contributed by atoms with van der Waals surface area (Å²) in [5.74, 6) is -0.462. The van der Waals surface area contributed by atoms with Crippen molar-refractivity contribution >= 4 is 17.3 Å². The summed E-state index contributed by atoms with van der Waals surface area (Å²) in [6.45, 7) is 0.524. The van der Waals surface area contributed by atoms with Crippen molar-refractivity contribution in [3.63, 3.8) is 0 Å². The molecule has 0 atom stereocenters. The van der Waals surface area contributed by atoms with Crippen molar-refractivity contribution in [1.29, 1.82) is 0 Å². The van der Waals surface area contributed by atoms with Gasteiger partial charge in [-0.1, -0.05) is 0 Å².